The molecule has 1 aromatic carbocycles. The first-order valence-electron chi connectivity index (χ1n) is 12.7. The van der Waals surface area contributed by atoms with E-state index in [2.05, 4.69) is 6.92 Å². The average molecular weight is 419 g/mol. The van der Waals surface area contributed by atoms with Gasteiger partial charge < -0.3 is 9.84 Å². The topological polar surface area (TPSA) is 46.5 Å². The Morgan fingerprint density at radius 2 is 1.07 bits per heavy atom. The number of ether oxygens (including phenoxy) is 1. The van der Waals surface area contributed by atoms with Crippen LogP contribution < -0.4 is 0 Å². The van der Waals surface area contributed by atoms with Crippen LogP contribution in [0.15, 0.2) is 24.3 Å². The van der Waals surface area contributed by atoms with E-state index in [0.29, 0.717) is 6.61 Å². The molecule has 0 bridgehead atoms. The molecule has 0 saturated heterocycles. The van der Waals surface area contributed by atoms with E-state index in [0.717, 1.165) is 18.4 Å². The zero-order chi connectivity index (χ0) is 21.7. The van der Waals surface area contributed by atoms with Gasteiger partial charge in [-0.05, 0) is 24.1 Å². The van der Waals surface area contributed by atoms with Gasteiger partial charge in [0.1, 0.15) is 5.75 Å². The number of hydrogen-bond donors (Lipinski definition) is 1. The third-order valence-electron chi connectivity index (χ3n) is 5.80. The van der Waals surface area contributed by atoms with Gasteiger partial charge in [0.25, 0.3) is 0 Å². The minimum absolute atomic E-state index is 0.183. The molecule has 0 aliphatic heterocycles. The fourth-order valence-corrected chi connectivity index (χ4v) is 3.84. The number of hydrogen-bond acceptors (Lipinski definition) is 3. The summed E-state index contributed by atoms with van der Waals surface area (Å²) in [6.45, 7) is 2.80. The van der Waals surface area contributed by atoms with Crippen LogP contribution in [0.4, 0.5) is 0 Å². The molecule has 0 radical (unpaired) electrons. The van der Waals surface area contributed by atoms with Crippen molar-refractivity contribution >= 4 is 5.97 Å². The molecule has 0 fully saturated rings. The summed E-state index contributed by atoms with van der Waals surface area (Å²) in [4.78, 5) is 11.8. The fourth-order valence-electron chi connectivity index (χ4n) is 3.84. The van der Waals surface area contributed by atoms with Crippen molar-refractivity contribution in [2.24, 2.45) is 0 Å². The number of aromatic hydroxyl groups is 1. The number of phenols is 1. The molecule has 1 N–H and O–H groups in total. The van der Waals surface area contributed by atoms with Crippen molar-refractivity contribution in [3.8, 4) is 5.75 Å². The largest absolute Gasteiger partial charge is 0.508 e. The molecule has 0 aliphatic rings. The van der Waals surface area contributed by atoms with Crippen LogP contribution in [0.25, 0.3) is 0 Å². The number of carbonyl (C=O) groups is 1. The van der Waals surface area contributed by atoms with Gasteiger partial charge in [-0.25, -0.2) is 0 Å². The summed E-state index contributed by atoms with van der Waals surface area (Å²) in [5, 5.41) is 9.25. The number of unbranched alkanes of at least 4 members (excludes halogenated alkanes) is 16. The van der Waals surface area contributed by atoms with E-state index in [1.54, 1.807) is 24.3 Å². The first kappa shape index (κ1) is 26.5. The lowest BCUT2D eigenvalue weighted by molar-refractivity contribution is -0.142. The number of phenolic OH excluding ortho intramolecular Hbond substituents is 1. The standard InChI is InChI=1S/C27H46O3/c1-2-3-4-5-6-7-8-9-10-11-12-13-14-15-16-17-18-23-30-27(29)24-25-19-21-26(28)22-20-25/h19-22,28H,2-18,23-24H2,1H3. The predicted octanol–water partition coefficient (Wildman–Crippen LogP) is 8.13. The van der Waals surface area contributed by atoms with Crippen molar-refractivity contribution in [1.82, 2.24) is 0 Å². The molecule has 172 valence electrons. The van der Waals surface area contributed by atoms with E-state index >= 15 is 0 Å². The Balaban J connectivity index is 1.76. The van der Waals surface area contributed by atoms with Crippen LogP contribution in [0.1, 0.15) is 122 Å². The summed E-state index contributed by atoms with van der Waals surface area (Å²) < 4.78 is 5.30. The van der Waals surface area contributed by atoms with Crippen LogP contribution in [0.3, 0.4) is 0 Å². The minimum Gasteiger partial charge on any atom is -0.508 e. The molecular formula is C27H46O3. The fraction of sp³-hybridized carbons (Fsp3) is 0.741. The Kier molecular flexibility index (Phi) is 17.2. The van der Waals surface area contributed by atoms with Crippen LogP contribution >= 0.6 is 0 Å². The molecule has 0 atom stereocenters. The molecule has 30 heavy (non-hydrogen) atoms. The van der Waals surface area contributed by atoms with Crippen molar-refractivity contribution in [3.05, 3.63) is 29.8 Å². The normalized spacial score (nSPS) is 11.0. The Morgan fingerprint density at radius 1 is 0.667 bits per heavy atom. The Labute approximate surface area is 185 Å². The Hall–Kier alpha value is -1.51. The van der Waals surface area contributed by atoms with E-state index in [1.807, 2.05) is 0 Å². The molecule has 0 aliphatic carbocycles. The van der Waals surface area contributed by atoms with Crippen molar-refractivity contribution in [2.75, 3.05) is 6.61 Å². The third-order valence-corrected chi connectivity index (χ3v) is 5.80. The first-order chi connectivity index (χ1) is 14.7. The van der Waals surface area contributed by atoms with Gasteiger partial charge in [0, 0.05) is 0 Å². The number of esters is 1. The molecule has 1 rings (SSSR count). The second-order valence-corrected chi connectivity index (χ2v) is 8.72. The van der Waals surface area contributed by atoms with E-state index < -0.39 is 0 Å². The zero-order valence-corrected chi connectivity index (χ0v) is 19.5. The van der Waals surface area contributed by atoms with Gasteiger partial charge in [0.15, 0.2) is 0 Å². The molecule has 0 saturated carbocycles. The maximum Gasteiger partial charge on any atom is 0.310 e. The summed E-state index contributed by atoms with van der Waals surface area (Å²) in [7, 11) is 0. The van der Waals surface area contributed by atoms with E-state index in [1.165, 1.54) is 96.3 Å². The van der Waals surface area contributed by atoms with Gasteiger partial charge >= 0.3 is 5.97 Å². The summed E-state index contributed by atoms with van der Waals surface area (Å²) >= 11 is 0. The summed E-state index contributed by atoms with van der Waals surface area (Å²) in [6.07, 6.45) is 23.3. The lowest BCUT2D eigenvalue weighted by Crippen LogP contribution is -2.09. The molecular weight excluding hydrogens is 372 g/mol. The van der Waals surface area contributed by atoms with Gasteiger partial charge in [0.2, 0.25) is 0 Å². The lowest BCUT2D eigenvalue weighted by Gasteiger charge is -2.06. The monoisotopic (exact) mass is 418 g/mol. The maximum absolute atomic E-state index is 11.8. The zero-order valence-electron chi connectivity index (χ0n) is 19.5. The highest BCUT2D eigenvalue weighted by Crippen LogP contribution is 2.14. The maximum atomic E-state index is 11.8. The molecule has 0 spiro atoms. The SMILES string of the molecule is CCCCCCCCCCCCCCCCCCCOC(=O)Cc1ccc(O)cc1. The van der Waals surface area contributed by atoms with Crippen molar-refractivity contribution in [2.45, 2.75) is 122 Å². The van der Waals surface area contributed by atoms with Gasteiger partial charge in [-0.3, -0.25) is 4.79 Å². The number of carbonyl (C=O) groups excluding carboxylic acids is 1. The molecule has 3 heteroatoms. The van der Waals surface area contributed by atoms with Gasteiger partial charge in [-0.2, -0.15) is 0 Å². The smallest absolute Gasteiger partial charge is 0.310 e. The summed E-state index contributed by atoms with van der Waals surface area (Å²) in [5.74, 6) is 0.0350. The van der Waals surface area contributed by atoms with Crippen LogP contribution in [0, 0.1) is 0 Å². The summed E-state index contributed by atoms with van der Waals surface area (Å²) in [5.41, 5.74) is 0.875. The van der Waals surface area contributed by atoms with Crippen molar-refractivity contribution in [1.29, 1.82) is 0 Å². The first-order valence-corrected chi connectivity index (χ1v) is 12.7. The van der Waals surface area contributed by atoms with Gasteiger partial charge in [0.05, 0.1) is 13.0 Å². The van der Waals surface area contributed by atoms with Crippen LogP contribution in [-0.2, 0) is 16.0 Å². The Bertz CT molecular complexity index is 509. The molecule has 0 heterocycles. The molecule has 0 amide bonds. The quantitative estimate of drug-likeness (QED) is 0.172. The number of rotatable bonds is 20. The van der Waals surface area contributed by atoms with Crippen LogP contribution in [0.5, 0.6) is 5.75 Å². The Morgan fingerprint density at radius 3 is 1.50 bits per heavy atom. The molecule has 1 aromatic rings. The molecule has 3 nitrogen and oxygen atoms in total. The third kappa shape index (κ3) is 16.3. The number of benzene rings is 1. The van der Waals surface area contributed by atoms with Gasteiger partial charge in [-0.15, -0.1) is 0 Å². The van der Waals surface area contributed by atoms with E-state index in [4.69, 9.17) is 4.74 Å². The van der Waals surface area contributed by atoms with E-state index in [-0.39, 0.29) is 18.1 Å². The van der Waals surface area contributed by atoms with Crippen LogP contribution in [-0.4, -0.2) is 17.7 Å². The average Bonchev–Trinajstić information content (AvgIpc) is 2.74. The molecule has 0 unspecified atom stereocenters. The highest BCUT2D eigenvalue weighted by atomic mass is 16.5. The van der Waals surface area contributed by atoms with Crippen LogP contribution in [0.2, 0.25) is 0 Å². The molecule has 0 aromatic heterocycles. The minimum atomic E-state index is -0.183. The van der Waals surface area contributed by atoms with E-state index in [9.17, 15) is 9.90 Å². The summed E-state index contributed by atoms with van der Waals surface area (Å²) in [6, 6.07) is 6.70. The highest BCUT2D eigenvalue weighted by molar-refractivity contribution is 5.72. The van der Waals surface area contributed by atoms with Crippen molar-refractivity contribution in [3.63, 3.8) is 0 Å². The second-order valence-electron chi connectivity index (χ2n) is 8.72. The van der Waals surface area contributed by atoms with Gasteiger partial charge in [-0.1, -0.05) is 122 Å². The second kappa shape index (κ2) is 19.5. The predicted molar refractivity (Wildman–Crippen MR) is 127 cm³/mol. The van der Waals surface area contributed by atoms with Crippen molar-refractivity contribution < 1.29 is 14.6 Å². The lowest BCUT2D eigenvalue weighted by atomic mass is 10.0. The highest BCUT2D eigenvalue weighted by Gasteiger charge is 2.04.